The number of amides is 3. The largest absolute Gasteiger partial charge is 0.384 e. The van der Waals surface area contributed by atoms with Crippen LogP contribution in [-0.2, 0) is 22.7 Å². The molecule has 3 aromatic rings. The average molecular weight is 765 g/mol. The van der Waals surface area contributed by atoms with E-state index >= 15 is 0 Å². The summed E-state index contributed by atoms with van der Waals surface area (Å²) < 4.78 is 0. The minimum Gasteiger partial charge on any atom is -0.384 e. The number of rotatable bonds is 8. The number of carbonyl (C=O) groups is 3. The van der Waals surface area contributed by atoms with E-state index in [9.17, 15) is 14.4 Å². The van der Waals surface area contributed by atoms with E-state index in [0.717, 1.165) is 66.0 Å². The molecule has 10 heteroatoms. The first-order valence-corrected chi connectivity index (χ1v) is 19.7. The van der Waals surface area contributed by atoms with Crippen LogP contribution in [0.2, 0.25) is 5.02 Å². The second-order valence-corrected chi connectivity index (χ2v) is 15.8. The molecular formula is C46H45ClN6O3. The Labute approximate surface area is 334 Å². The Hall–Kier alpha value is -5.66. The van der Waals surface area contributed by atoms with Crippen molar-refractivity contribution in [3.63, 3.8) is 0 Å². The van der Waals surface area contributed by atoms with Crippen LogP contribution in [0.5, 0.6) is 0 Å². The molecule has 1 atom stereocenters. The van der Waals surface area contributed by atoms with E-state index in [1.165, 1.54) is 12.8 Å². The summed E-state index contributed by atoms with van der Waals surface area (Å²) in [5, 5.41) is 23.9. The summed E-state index contributed by atoms with van der Waals surface area (Å²) in [6.07, 6.45) is 5.24. The lowest BCUT2D eigenvalue weighted by molar-refractivity contribution is -0.136. The zero-order valence-corrected chi connectivity index (χ0v) is 32.6. The Morgan fingerprint density at radius 3 is 2.34 bits per heavy atom. The van der Waals surface area contributed by atoms with E-state index in [4.69, 9.17) is 22.3 Å². The highest BCUT2D eigenvalue weighted by Crippen LogP contribution is 2.31. The molecule has 56 heavy (non-hydrogen) atoms. The van der Waals surface area contributed by atoms with E-state index in [-0.39, 0.29) is 18.2 Å². The lowest BCUT2D eigenvalue weighted by Gasteiger charge is -2.40. The topological polar surface area (TPSA) is 129 Å². The SMILES string of the molecule is C/C(NCc1ccc(C#CC2CCC(CN3CC(C#Cc4ccc5c(c4)C(=O)N(C4CCC(=O)NC4=O)C5)C3)CC2)cc1)=C(\C)C(=N)c1ccc(C#N)c(Cl)c1. The molecule has 9 nitrogen and oxygen atoms in total. The van der Waals surface area contributed by atoms with Gasteiger partial charge in [-0.05, 0) is 105 Å². The fourth-order valence-corrected chi connectivity index (χ4v) is 8.13. The summed E-state index contributed by atoms with van der Waals surface area (Å²) in [6.45, 7) is 7.94. The molecule has 2 saturated heterocycles. The second kappa shape index (κ2) is 17.0. The van der Waals surface area contributed by atoms with Crippen LogP contribution in [0.25, 0.3) is 0 Å². The Morgan fingerprint density at radius 2 is 1.62 bits per heavy atom. The van der Waals surface area contributed by atoms with Gasteiger partial charge in [-0.1, -0.05) is 59.5 Å². The number of benzene rings is 3. The van der Waals surface area contributed by atoms with E-state index in [1.807, 2.05) is 32.0 Å². The summed E-state index contributed by atoms with van der Waals surface area (Å²) in [7, 11) is 0. The zero-order valence-electron chi connectivity index (χ0n) is 31.8. The number of nitrogens with zero attached hydrogens (tertiary/aromatic N) is 3. The second-order valence-electron chi connectivity index (χ2n) is 15.4. The van der Waals surface area contributed by atoms with Gasteiger partial charge in [-0.3, -0.25) is 25.1 Å². The summed E-state index contributed by atoms with van der Waals surface area (Å²) in [6, 6.07) is 20.6. The fourth-order valence-electron chi connectivity index (χ4n) is 7.91. The van der Waals surface area contributed by atoms with Crippen molar-refractivity contribution >= 4 is 35.0 Å². The quantitative estimate of drug-likeness (QED) is 0.135. The Morgan fingerprint density at radius 1 is 0.911 bits per heavy atom. The van der Waals surface area contributed by atoms with E-state index < -0.39 is 11.9 Å². The van der Waals surface area contributed by atoms with Crippen molar-refractivity contribution in [1.82, 2.24) is 20.4 Å². The van der Waals surface area contributed by atoms with Crippen molar-refractivity contribution in [3.8, 4) is 29.8 Å². The maximum Gasteiger partial charge on any atom is 0.255 e. The Kier molecular flexibility index (Phi) is 11.7. The molecule has 3 heterocycles. The van der Waals surface area contributed by atoms with Gasteiger partial charge in [0.2, 0.25) is 11.8 Å². The Balaban J connectivity index is 0.815. The van der Waals surface area contributed by atoms with Crippen LogP contribution in [0.3, 0.4) is 0 Å². The van der Waals surface area contributed by atoms with E-state index in [1.54, 1.807) is 23.1 Å². The third-order valence-electron chi connectivity index (χ3n) is 11.5. The smallest absolute Gasteiger partial charge is 0.255 e. The minimum atomic E-state index is -0.609. The number of imide groups is 1. The predicted octanol–water partition coefficient (Wildman–Crippen LogP) is 6.57. The van der Waals surface area contributed by atoms with Gasteiger partial charge in [-0.25, -0.2) is 0 Å². The molecule has 3 N–H and O–H groups in total. The number of nitrogens with one attached hydrogen (secondary N) is 3. The molecule has 0 aromatic heterocycles. The standard InChI is InChI=1S/C46H45ClN6O3/c1-29(44(49)37-17-18-38(23-48)41(47)22-37)30(2)50-24-34-10-5-31(6-11-34)3-4-32-7-12-35(13-8-32)25-52-26-36(27-52)14-9-33-15-16-39-28-53(46(56)40(39)21-33)42-19-20-43(54)51-45(42)55/h5-6,10-11,15-18,21-22,32,35-36,42,49-50H,7-8,12-13,19-20,24-28H2,1-2H3,(H,51,54,55)/b30-29-,49-44?. The molecule has 3 fully saturated rings. The Bertz CT molecular complexity index is 2270. The van der Waals surface area contributed by atoms with Gasteiger partial charge < -0.3 is 15.1 Å². The van der Waals surface area contributed by atoms with Gasteiger partial charge in [0, 0.05) is 78.9 Å². The molecule has 0 spiro atoms. The first-order chi connectivity index (χ1) is 27.0. The first-order valence-electron chi connectivity index (χ1n) is 19.4. The van der Waals surface area contributed by atoms with Gasteiger partial charge in [0.25, 0.3) is 5.91 Å². The van der Waals surface area contributed by atoms with Crippen molar-refractivity contribution in [2.75, 3.05) is 19.6 Å². The fraction of sp³-hybridized carbons (Fsp3) is 0.370. The molecule has 284 valence electrons. The van der Waals surface area contributed by atoms with E-state index in [0.29, 0.717) is 64.7 Å². The van der Waals surface area contributed by atoms with E-state index in [2.05, 4.69) is 69.5 Å². The number of hydrogen-bond donors (Lipinski definition) is 3. The summed E-state index contributed by atoms with van der Waals surface area (Å²) in [5.41, 5.74) is 7.63. The molecule has 1 saturated carbocycles. The van der Waals surface area contributed by atoms with Gasteiger partial charge in [-0.15, -0.1) is 0 Å². The normalized spacial score (nSPS) is 21.3. The molecule has 3 aromatic carbocycles. The highest BCUT2D eigenvalue weighted by molar-refractivity contribution is 6.32. The molecular weight excluding hydrogens is 720 g/mol. The molecule has 0 bridgehead atoms. The zero-order chi connectivity index (χ0) is 39.3. The van der Waals surface area contributed by atoms with Gasteiger partial charge in [0.15, 0.2) is 0 Å². The van der Waals surface area contributed by atoms with Crippen LogP contribution in [0.15, 0.2) is 71.9 Å². The summed E-state index contributed by atoms with van der Waals surface area (Å²) in [5.74, 6) is 14.2. The molecule has 1 unspecified atom stereocenters. The minimum absolute atomic E-state index is 0.170. The number of likely N-dealkylation sites (tertiary alicyclic amines) is 1. The lowest BCUT2D eigenvalue weighted by atomic mass is 9.81. The van der Waals surface area contributed by atoms with Crippen molar-refractivity contribution in [2.45, 2.75) is 71.5 Å². The molecule has 7 rings (SSSR count). The average Bonchev–Trinajstić information content (AvgIpc) is 3.51. The molecule has 4 aliphatic rings. The van der Waals surface area contributed by atoms with Crippen LogP contribution in [0, 0.1) is 58.2 Å². The van der Waals surface area contributed by atoms with Crippen LogP contribution in [0.4, 0.5) is 0 Å². The van der Waals surface area contributed by atoms with Crippen LogP contribution < -0.4 is 10.6 Å². The van der Waals surface area contributed by atoms with Crippen molar-refractivity contribution < 1.29 is 14.4 Å². The molecule has 3 amide bonds. The number of carbonyl (C=O) groups excluding carboxylic acids is 3. The van der Waals surface area contributed by atoms with Crippen LogP contribution in [0.1, 0.15) is 96.1 Å². The molecule has 0 radical (unpaired) electrons. The van der Waals surface area contributed by atoms with Crippen molar-refractivity contribution in [2.24, 2.45) is 17.8 Å². The van der Waals surface area contributed by atoms with Crippen LogP contribution >= 0.6 is 11.6 Å². The van der Waals surface area contributed by atoms with Crippen molar-refractivity contribution in [3.05, 3.63) is 116 Å². The third-order valence-corrected chi connectivity index (χ3v) is 11.8. The van der Waals surface area contributed by atoms with Gasteiger partial charge in [-0.2, -0.15) is 5.26 Å². The number of halogens is 1. The van der Waals surface area contributed by atoms with Gasteiger partial charge in [0.05, 0.1) is 16.3 Å². The molecule has 1 aliphatic carbocycles. The first kappa shape index (κ1) is 38.6. The lowest BCUT2D eigenvalue weighted by Crippen LogP contribution is -2.52. The van der Waals surface area contributed by atoms with Gasteiger partial charge in [0.1, 0.15) is 12.1 Å². The molecule has 3 aliphatic heterocycles. The third kappa shape index (κ3) is 8.90. The maximum absolute atomic E-state index is 13.1. The van der Waals surface area contributed by atoms with Gasteiger partial charge >= 0.3 is 0 Å². The number of nitriles is 1. The maximum atomic E-state index is 13.1. The highest BCUT2D eigenvalue weighted by atomic mass is 35.5. The van der Waals surface area contributed by atoms with Crippen LogP contribution in [-0.4, -0.2) is 58.9 Å². The summed E-state index contributed by atoms with van der Waals surface area (Å²) in [4.78, 5) is 41.1. The van der Waals surface area contributed by atoms with Crippen molar-refractivity contribution in [1.29, 1.82) is 10.7 Å². The summed E-state index contributed by atoms with van der Waals surface area (Å²) >= 11 is 6.18. The number of allylic oxidation sites excluding steroid dienone is 2. The monoisotopic (exact) mass is 764 g/mol. The number of fused-ring (bicyclic) bond motifs is 1. The number of piperidine rings is 1. The predicted molar refractivity (Wildman–Crippen MR) is 216 cm³/mol. The number of hydrogen-bond acceptors (Lipinski definition) is 7. The highest BCUT2D eigenvalue weighted by Gasteiger charge is 2.39.